The second-order valence-corrected chi connectivity index (χ2v) is 5.52. The van der Waals surface area contributed by atoms with Gasteiger partial charge in [-0.25, -0.2) is 0 Å². The SMILES string of the molecule is O=C(c1cccc(O)c1O)N1CCC(N2CCOCC2)C1. The topological polar surface area (TPSA) is 73.2 Å². The summed E-state index contributed by atoms with van der Waals surface area (Å²) in [7, 11) is 0. The Balaban J connectivity index is 1.68. The quantitative estimate of drug-likeness (QED) is 0.783. The maximum Gasteiger partial charge on any atom is 0.257 e. The van der Waals surface area contributed by atoms with Crippen molar-refractivity contribution in [3.63, 3.8) is 0 Å². The molecule has 2 fully saturated rings. The van der Waals surface area contributed by atoms with E-state index in [9.17, 15) is 15.0 Å². The van der Waals surface area contributed by atoms with Crippen LogP contribution in [0.2, 0.25) is 0 Å². The maximum absolute atomic E-state index is 12.5. The molecule has 1 aromatic carbocycles. The smallest absolute Gasteiger partial charge is 0.257 e. The van der Waals surface area contributed by atoms with E-state index in [1.165, 1.54) is 6.07 Å². The molecule has 0 bridgehead atoms. The molecule has 114 valence electrons. The van der Waals surface area contributed by atoms with E-state index in [0.29, 0.717) is 19.1 Å². The molecule has 2 N–H and O–H groups in total. The van der Waals surface area contributed by atoms with E-state index < -0.39 is 0 Å². The first-order valence-corrected chi connectivity index (χ1v) is 7.29. The molecule has 1 unspecified atom stereocenters. The molecule has 0 saturated carbocycles. The van der Waals surface area contributed by atoms with Gasteiger partial charge in [-0.05, 0) is 18.6 Å². The molecule has 1 atom stereocenters. The van der Waals surface area contributed by atoms with Crippen LogP contribution >= 0.6 is 0 Å². The molecule has 0 aromatic heterocycles. The number of rotatable bonds is 2. The van der Waals surface area contributed by atoms with Gasteiger partial charge in [-0.3, -0.25) is 9.69 Å². The van der Waals surface area contributed by atoms with Crippen molar-refractivity contribution in [1.29, 1.82) is 0 Å². The number of ether oxygens (including phenoxy) is 1. The Labute approximate surface area is 123 Å². The molecule has 2 aliphatic heterocycles. The second kappa shape index (κ2) is 5.91. The fourth-order valence-corrected chi connectivity index (χ4v) is 3.04. The van der Waals surface area contributed by atoms with Gasteiger partial charge < -0.3 is 19.8 Å². The highest BCUT2D eigenvalue weighted by Crippen LogP contribution is 2.30. The molecule has 0 aliphatic carbocycles. The summed E-state index contributed by atoms with van der Waals surface area (Å²) in [5.74, 6) is -0.818. The van der Waals surface area contributed by atoms with E-state index >= 15 is 0 Å². The van der Waals surface area contributed by atoms with Crippen LogP contribution < -0.4 is 0 Å². The number of likely N-dealkylation sites (tertiary alicyclic amines) is 1. The first-order valence-electron chi connectivity index (χ1n) is 7.29. The van der Waals surface area contributed by atoms with Crippen LogP contribution in [0.25, 0.3) is 0 Å². The zero-order chi connectivity index (χ0) is 14.8. The molecular weight excluding hydrogens is 272 g/mol. The normalized spacial score (nSPS) is 23.4. The van der Waals surface area contributed by atoms with Crippen molar-refractivity contribution in [1.82, 2.24) is 9.80 Å². The summed E-state index contributed by atoms with van der Waals surface area (Å²) in [5, 5.41) is 19.3. The lowest BCUT2D eigenvalue weighted by molar-refractivity contribution is 0.0185. The van der Waals surface area contributed by atoms with Crippen molar-refractivity contribution in [3.05, 3.63) is 23.8 Å². The molecule has 3 rings (SSSR count). The predicted octanol–water partition coefficient (Wildman–Crippen LogP) is 0.644. The molecular formula is C15H20N2O4. The first-order chi connectivity index (χ1) is 10.2. The summed E-state index contributed by atoms with van der Waals surface area (Å²) in [4.78, 5) is 16.6. The van der Waals surface area contributed by atoms with Gasteiger partial charge in [-0.1, -0.05) is 6.07 Å². The molecule has 0 radical (unpaired) electrons. The fourth-order valence-electron chi connectivity index (χ4n) is 3.04. The van der Waals surface area contributed by atoms with Crippen LogP contribution in [0.5, 0.6) is 11.5 Å². The third kappa shape index (κ3) is 2.82. The highest BCUT2D eigenvalue weighted by atomic mass is 16.5. The van der Waals surface area contributed by atoms with Gasteiger partial charge in [0.25, 0.3) is 5.91 Å². The van der Waals surface area contributed by atoms with E-state index in [-0.39, 0.29) is 23.0 Å². The van der Waals surface area contributed by atoms with Crippen molar-refractivity contribution in [2.24, 2.45) is 0 Å². The Kier molecular flexibility index (Phi) is 3.98. The fraction of sp³-hybridized carbons (Fsp3) is 0.533. The standard InChI is InChI=1S/C15H20N2O4/c18-13-3-1-2-12(14(13)19)15(20)17-5-4-11(10-17)16-6-8-21-9-7-16/h1-3,11,18-19H,4-10H2. The molecule has 1 aromatic rings. The molecule has 2 heterocycles. The zero-order valence-electron chi connectivity index (χ0n) is 11.9. The lowest BCUT2D eigenvalue weighted by Gasteiger charge is -2.32. The average Bonchev–Trinajstić information content (AvgIpc) is 3.00. The van der Waals surface area contributed by atoms with Crippen molar-refractivity contribution >= 4 is 5.91 Å². The number of amides is 1. The number of phenols is 2. The van der Waals surface area contributed by atoms with Crippen molar-refractivity contribution in [3.8, 4) is 11.5 Å². The monoisotopic (exact) mass is 292 g/mol. The predicted molar refractivity (Wildman–Crippen MR) is 76.5 cm³/mol. The van der Waals surface area contributed by atoms with E-state index in [2.05, 4.69) is 4.90 Å². The second-order valence-electron chi connectivity index (χ2n) is 5.52. The van der Waals surface area contributed by atoms with Gasteiger partial charge in [0.15, 0.2) is 11.5 Å². The van der Waals surface area contributed by atoms with E-state index in [1.807, 2.05) is 0 Å². The minimum atomic E-state index is -0.336. The number of carbonyl (C=O) groups is 1. The van der Waals surface area contributed by atoms with E-state index in [1.54, 1.807) is 17.0 Å². The van der Waals surface area contributed by atoms with Crippen LogP contribution in [0.15, 0.2) is 18.2 Å². The highest BCUT2D eigenvalue weighted by molar-refractivity contribution is 5.97. The Morgan fingerprint density at radius 1 is 1.19 bits per heavy atom. The van der Waals surface area contributed by atoms with E-state index in [0.717, 1.165) is 32.7 Å². The summed E-state index contributed by atoms with van der Waals surface area (Å²) in [5.41, 5.74) is 0.164. The van der Waals surface area contributed by atoms with Crippen molar-refractivity contribution < 1.29 is 19.7 Å². The first kappa shape index (κ1) is 14.2. The molecule has 0 spiro atoms. The van der Waals surface area contributed by atoms with Gasteiger partial charge in [0.05, 0.1) is 18.8 Å². The molecule has 1 amide bonds. The summed E-state index contributed by atoms with van der Waals surface area (Å²) in [6.45, 7) is 4.65. The lowest BCUT2D eigenvalue weighted by Crippen LogP contribution is -2.45. The highest BCUT2D eigenvalue weighted by Gasteiger charge is 2.32. The molecule has 21 heavy (non-hydrogen) atoms. The largest absolute Gasteiger partial charge is 0.504 e. The minimum absolute atomic E-state index is 0.164. The summed E-state index contributed by atoms with van der Waals surface area (Å²) in [6, 6.07) is 4.83. The molecule has 6 nitrogen and oxygen atoms in total. The Morgan fingerprint density at radius 2 is 1.95 bits per heavy atom. The van der Waals surface area contributed by atoms with Crippen LogP contribution in [0.3, 0.4) is 0 Å². The Bertz CT molecular complexity index is 528. The van der Waals surface area contributed by atoms with Crippen molar-refractivity contribution in [2.75, 3.05) is 39.4 Å². The summed E-state index contributed by atoms with van der Waals surface area (Å²) in [6.07, 6.45) is 0.936. The number of morpholine rings is 1. The van der Waals surface area contributed by atoms with Crippen LogP contribution in [-0.2, 0) is 4.74 Å². The van der Waals surface area contributed by atoms with E-state index in [4.69, 9.17) is 4.74 Å². The number of hydrogen-bond acceptors (Lipinski definition) is 5. The lowest BCUT2D eigenvalue weighted by atomic mass is 10.1. The van der Waals surface area contributed by atoms with Gasteiger partial charge in [0.1, 0.15) is 0 Å². The number of nitrogens with zero attached hydrogens (tertiary/aromatic N) is 2. The number of hydrogen-bond donors (Lipinski definition) is 2. The zero-order valence-corrected chi connectivity index (χ0v) is 11.9. The number of aromatic hydroxyl groups is 2. The number of phenolic OH excluding ortho intramolecular Hbond substituents is 2. The third-order valence-corrected chi connectivity index (χ3v) is 4.26. The van der Waals surface area contributed by atoms with Crippen LogP contribution in [-0.4, -0.2) is 71.4 Å². The van der Waals surface area contributed by atoms with Gasteiger partial charge in [0, 0.05) is 32.2 Å². The van der Waals surface area contributed by atoms with Crippen LogP contribution in [0.1, 0.15) is 16.8 Å². The molecule has 2 aliphatic rings. The third-order valence-electron chi connectivity index (χ3n) is 4.26. The van der Waals surface area contributed by atoms with Crippen molar-refractivity contribution in [2.45, 2.75) is 12.5 Å². The van der Waals surface area contributed by atoms with Gasteiger partial charge >= 0.3 is 0 Å². The van der Waals surface area contributed by atoms with Crippen LogP contribution in [0, 0.1) is 0 Å². The Morgan fingerprint density at radius 3 is 2.71 bits per heavy atom. The average molecular weight is 292 g/mol. The van der Waals surface area contributed by atoms with Gasteiger partial charge in [0.2, 0.25) is 0 Å². The minimum Gasteiger partial charge on any atom is -0.504 e. The summed E-state index contributed by atoms with van der Waals surface area (Å²) < 4.78 is 5.35. The van der Waals surface area contributed by atoms with Gasteiger partial charge in [-0.2, -0.15) is 0 Å². The summed E-state index contributed by atoms with van der Waals surface area (Å²) >= 11 is 0. The Hall–Kier alpha value is -1.79. The number of para-hydroxylation sites is 1. The van der Waals surface area contributed by atoms with Gasteiger partial charge in [-0.15, -0.1) is 0 Å². The number of benzene rings is 1. The van der Waals surface area contributed by atoms with Crippen LogP contribution in [0.4, 0.5) is 0 Å². The molecule has 6 heteroatoms. The molecule has 2 saturated heterocycles. The maximum atomic E-state index is 12.5. The number of carbonyl (C=O) groups excluding carboxylic acids is 1.